The van der Waals surface area contributed by atoms with Crippen LogP contribution in [0, 0.1) is 0 Å². The first kappa shape index (κ1) is 62.0. The Bertz CT molecular complexity index is 936. The maximum atomic E-state index is 10.8. The van der Waals surface area contributed by atoms with Gasteiger partial charge >= 0.3 is 0 Å². The molecule has 0 spiro atoms. The van der Waals surface area contributed by atoms with E-state index >= 15 is 0 Å². The first-order chi connectivity index (χ1) is 31.0. The molecule has 0 aliphatic carbocycles. The van der Waals surface area contributed by atoms with Crippen LogP contribution in [0.2, 0.25) is 0 Å². The average Bonchev–Trinajstić information content (AvgIpc) is 3.28. The summed E-state index contributed by atoms with van der Waals surface area (Å²) < 4.78 is 17.6. The van der Waals surface area contributed by atoms with E-state index in [1.807, 2.05) is 0 Å². The minimum atomic E-state index is -0.918. The highest BCUT2D eigenvalue weighted by molar-refractivity contribution is 4.92. The second-order valence-electron chi connectivity index (χ2n) is 18.9. The number of aliphatic hydroxyl groups excluding tert-OH is 3. The van der Waals surface area contributed by atoms with E-state index in [4.69, 9.17) is 14.2 Å². The molecule has 374 valence electrons. The lowest BCUT2D eigenvalue weighted by Gasteiger charge is -2.24. The second kappa shape index (κ2) is 53.6. The summed E-state index contributed by atoms with van der Waals surface area (Å²) in [6.07, 6.45) is 61.1. The molecular formula is C57H110O6. The molecule has 0 rings (SSSR count). The van der Waals surface area contributed by atoms with Crippen molar-refractivity contribution >= 4 is 0 Å². The molecule has 0 aliphatic rings. The van der Waals surface area contributed by atoms with E-state index in [9.17, 15) is 15.3 Å². The fourth-order valence-corrected chi connectivity index (χ4v) is 8.23. The number of unbranched alkanes of at least 4 members (excludes halogenated alkanes) is 33. The van der Waals surface area contributed by atoms with Crippen LogP contribution in [-0.2, 0) is 14.2 Å². The van der Waals surface area contributed by atoms with Crippen LogP contribution in [0.4, 0.5) is 0 Å². The fourth-order valence-electron chi connectivity index (χ4n) is 8.23. The monoisotopic (exact) mass is 891 g/mol. The predicted molar refractivity (Wildman–Crippen MR) is 273 cm³/mol. The molecule has 0 amide bonds. The van der Waals surface area contributed by atoms with Crippen molar-refractivity contribution in [1.29, 1.82) is 0 Å². The molecule has 63 heavy (non-hydrogen) atoms. The summed E-state index contributed by atoms with van der Waals surface area (Å²) in [5, 5.41) is 32.0. The Morgan fingerprint density at radius 1 is 0.302 bits per heavy atom. The molecule has 0 aliphatic heterocycles. The summed E-state index contributed by atoms with van der Waals surface area (Å²) >= 11 is 0. The first-order valence-corrected chi connectivity index (χ1v) is 27.9. The smallest absolute Gasteiger partial charge is 0.155 e. The summed E-state index contributed by atoms with van der Waals surface area (Å²) in [4.78, 5) is 0. The molecule has 3 N–H and O–H groups in total. The SMILES string of the molecule is CCCCC/C=C\C/C=C\CCCCCCCC(O)OCC(COC(O)CCCCCCCCCCCCCCCCC)OC(O)CCCCCCC/C=C\CCCCCCCC. The van der Waals surface area contributed by atoms with Crippen molar-refractivity contribution in [2.75, 3.05) is 13.2 Å². The average molecular weight is 892 g/mol. The summed E-state index contributed by atoms with van der Waals surface area (Å²) in [6.45, 7) is 7.05. The molecule has 6 nitrogen and oxygen atoms in total. The minimum Gasteiger partial charge on any atom is -0.368 e. The number of ether oxygens (including phenoxy) is 3. The molecule has 0 heterocycles. The van der Waals surface area contributed by atoms with Crippen molar-refractivity contribution in [3.63, 3.8) is 0 Å². The number of rotatable bonds is 53. The van der Waals surface area contributed by atoms with Gasteiger partial charge in [0, 0.05) is 0 Å². The van der Waals surface area contributed by atoms with E-state index in [1.165, 1.54) is 186 Å². The Kier molecular flexibility index (Phi) is 52.7. The van der Waals surface area contributed by atoms with E-state index in [0.29, 0.717) is 19.3 Å². The molecular weight excluding hydrogens is 781 g/mol. The summed E-state index contributed by atoms with van der Waals surface area (Å²) in [6, 6.07) is 0. The molecule has 0 aromatic carbocycles. The molecule has 0 saturated heterocycles. The van der Waals surface area contributed by atoms with E-state index in [-0.39, 0.29) is 13.2 Å². The Morgan fingerprint density at radius 3 is 0.905 bits per heavy atom. The molecule has 6 heteroatoms. The van der Waals surface area contributed by atoms with Crippen LogP contribution >= 0.6 is 0 Å². The number of hydrogen-bond acceptors (Lipinski definition) is 6. The molecule has 4 unspecified atom stereocenters. The van der Waals surface area contributed by atoms with Gasteiger partial charge in [0.1, 0.15) is 6.10 Å². The van der Waals surface area contributed by atoms with Crippen molar-refractivity contribution < 1.29 is 29.5 Å². The van der Waals surface area contributed by atoms with Gasteiger partial charge < -0.3 is 29.5 Å². The number of hydrogen-bond donors (Lipinski definition) is 3. The second-order valence-corrected chi connectivity index (χ2v) is 18.9. The third-order valence-corrected chi connectivity index (χ3v) is 12.5. The molecule has 0 fully saturated rings. The van der Waals surface area contributed by atoms with E-state index in [1.54, 1.807) is 0 Å². The summed E-state index contributed by atoms with van der Waals surface area (Å²) in [7, 11) is 0. The lowest BCUT2D eigenvalue weighted by atomic mass is 10.0. The Balaban J connectivity index is 4.37. The van der Waals surface area contributed by atoms with Crippen LogP contribution in [0.1, 0.15) is 290 Å². The van der Waals surface area contributed by atoms with Gasteiger partial charge in [-0.25, -0.2) is 0 Å². The molecule has 0 aromatic rings. The van der Waals surface area contributed by atoms with Gasteiger partial charge in [0.05, 0.1) is 13.2 Å². The molecule has 0 radical (unpaired) electrons. The van der Waals surface area contributed by atoms with Crippen LogP contribution < -0.4 is 0 Å². The van der Waals surface area contributed by atoms with Crippen molar-refractivity contribution in [3.8, 4) is 0 Å². The van der Waals surface area contributed by atoms with Gasteiger partial charge in [0.25, 0.3) is 0 Å². The zero-order valence-corrected chi connectivity index (χ0v) is 42.5. The highest BCUT2D eigenvalue weighted by Gasteiger charge is 2.19. The van der Waals surface area contributed by atoms with Crippen LogP contribution in [0.5, 0.6) is 0 Å². The van der Waals surface area contributed by atoms with Crippen LogP contribution in [0.3, 0.4) is 0 Å². The zero-order chi connectivity index (χ0) is 45.8. The normalized spacial score (nSPS) is 14.2. The fraction of sp³-hybridized carbons (Fsp3) is 0.895. The lowest BCUT2D eigenvalue weighted by Crippen LogP contribution is -2.34. The van der Waals surface area contributed by atoms with Gasteiger partial charge in [-0.05, 0) is 96.3 Å². The predicted octanol–water partition coefficient (Wildman–Crippen LogP) is 17.5. The Morgan fingerprint density at radius 2 is 0.556 bits per heavy atom. The number of aliphatic hydroxyl groups is 3. The standard InChI is InChI=1S/C57H110O6/c1-4-7-10-13-16-19-22-25-28-31-34-37-40-43-46-49-55(58)61-52-54(63-57(60)51-48-45-42-39-36-33-30-27-24-21-18-15-12-9-6-3)53-62-56(59)50-47-44-41-38-35-32-29-26-23-20-17-14-11-8-5-2/h16,19,25,27-28,30,54-60H,4-15,17-18,20-24,26,29,31-53H2,1-3H3/b19-16-,28-25-,30-27-. The highest BCUT2D eigenvalue weighted by Crippen LogP contribution is 2.17. The third-order valence-electron chi connectivity index (χ3n) is 12.5. The van der Waals surface area contributed by atoms with Gasteiger partial charge in [-0.2, -0.15) is 0 Å². The molecule has 4 atom stereocenters. The zero-order valence-electron chi connectivity index (χ0n) is 42.5. The maximum absolute atomic E-state index is 10.8. The van der Waals surface area contributed by atoms with Crippen molar-refractivity contribution in [3.05, 3.63) is 36.5 Å². The molecule has 0 aromatic heterocycles. The third kappa shape index (κ3) is 51.8. The lowest BCUT2D eigenvalue weighted by molar-refractivity contribution is -0.212. The van der Waals surface area contributed by atoms with Gasteiger partial charge in [0.2, 0.25) is 0 Å². The Labute approximate surface area is 393 Å². The van der Waals surface area contributed by atoms with Gasteiger partial charge in [-0.3, -0.25) is 0 Å². The first-order valence-electron chi connectivity index (χ1n) is 27.9. The van der Waals surface area contributed by atoms with Crippen molar-refractivity contribution in [2.45, 2.75) is 315 Å². The van der Waals surface area contributed by atoms with Crippen LogP contribution in [0.25, 0.3) is 0 Å². The van der Waals surface area contributed by atoms with E-state index in [0.717, 1.165) is 64.2 Å². The molecule has 0 bridgehead atoms. The van der Waals surface area contributed by atoms with Gasteiger partial charge in [-0.1, -0.05) is 231 Å². The van der Waals surface area contributed by atoms with E-state index < -0.39 is 25.0 Å². The van der Waals surface area contributed by atoms with Crippen molar-refractivity contribution in [1.82, 2.24) is 0 Å². The van der Waals surface area contributed by atoms with Gasteiger partial charge in [0.15, 0.2) is 18.9 Å². The Hall–Kier alpha value is -1.02. The molecule has 0 saturated carbocycles. The van der Waals surface area contributed by atoms with E-state index in [2.05, 4.69) is 57.2 Å². The maximum Gasteiger partial charge on any atom is 0.155 e. The van der Waals surface area contributed by atoms with Crippen molar-refractivity contribution in [2.24, 2.45) is 0 Å². The minimum absolute atomic E-state index is 0.122. The van der Waals surface area contributed by atoms with Crippen LogP contribution in [-0.4, -0.2) is 53.5 Å². The highest BCUT2D eigenvalue weighted by atomic mass is 16.7. The summed E-state index contributed by atoms with van der Waals surface area (Å²) in [5.74, 6) is 0. The number of allylic oxidation sites excluding steroid dienone is 6. The largest absolute Gasteiger partial charge is 0.368 e. The quantitative estimate of drug-likeness (QED) is 0.0320. The topological polar surface area (TPSA) is 88.4 Å². The summed E-state index contributed by atoms with van der Waals surface area (Å²) in [5.41, 5.74) is 0. The van der Waals surface area contributed by atoms with Crippen LogP contribution in [0.15, 0.2) is 36.5 Å². The van der Waals surface area contributed by atoms with Gasteiger partial charge in [-0.15, -0.1) is 0 Å².